The van der Waals surface area contributed by atoms with Crippen molar-refractivity contribution in [2.24, 2.45) is 11.3 Å². The average Bonchev–Trinajstić information content (AvgIpc) is 3.04. The van der Waals surface area contributed by atoms with Gasteiger partial charge in [-0.2, -0.15) is 0 Å². The van der Waals surface area contributed by atoms with Crippen molar-refractivity contribution in [3.63, 3.8) is 0 Å². The Morgan fingerprint density at radius 3 is 2.85 bits per heavy atom. The Labute approximate surface area is 160 Å². The topological polar surface area (TPSA) is 64.4 Å². The van der Waals surface area contributed by atoms with Gasteiger partial charge in [-0.25, -0.2) is 0 Å². The lowest BCUT2D eigenvalue weighted by Gasteiger charge is -2.39. The number of methoxy groups -OCH3 is 1. The van der Waals surface area contributed by atoms with E-state index in [-0.39, 0.29) is 17.4 Å². The van der Waals surface area contributed by atoms with E-state index in [0.717, 1.165) is 42.6 Å². The van der Waals surface area contributed by atoms with Gasteiger partial charge in [0.1, 0.15) is 5.75 Å². The van der Waals surface area contributed by atoms with Crippen LogP contribution in [0.2, 0.25) is 0 Å². The normalized spacial score (nSPS) is 23.3. The number of nitrogens with zero attached hydrogens (tertiary/aromatic N) is 1. The number of nitrogens with one attached hydrogen (secondary N) is 1. The Morgan fingerprint density at radius 2 is 2.11 bits per heavy atom. The molecule has 0 spiro atoms. The van der Waals surface area contributed by atoms with Gasteiger partial charge < -0.3 is 14.6 Å². The molecule has 5 heteroatoms. The SMILES string of the molecule is COc1ccc2c(c1)-c1onc(C(=O)NC3CC(C)CC(C)(C)C3)c1CC2. The van der Waals surface area contributed by atoms with E-state index >= 15 is 0 Å². The lowest BCUT2D eigenvalue weighted by Crippen LogP contribution is -2.43. The van der Waals surface area contributed by atoms with Crippen LogP contribution < -0.4 is 10.1 Å². The summed E-state index contributed by atoms with van der Waals surface area (Å²) in [6.07, 6.45) is 4.88. The summed E-state index contributed by atoms with van der Waals surface area (Å²) >= 11 is 0. The monoisotopic (exact) mass is 368 g/mol. The zero-order valence-electron chi connectivity index (χ0n) is 16.6. The summed E-state index contributed by atoms with van der Waals surface area (Å²) in [5.74, 6) is 1.99. The molecule has 2 aliphatic rings. The maximum absolute atomic E-state index is 12.9. The molecule has 1 saturated carbocycles. The molecule has 1 amide bonds. The van der Waals surface area contributed by atoms with Crippen LogP contribution in [0, 0.1) is 11.3 Å². The van der Waals surface area contributed by atoms with Crippen LogP contribution >= 0.6 is 0 Å². The molecular weight excluding hydrogens is 340 g/mol. The lowest BCUT2D eigenvalue weighted by molar-refractivity contribution is 0.0864. The number of aryl methyl sites for hydroxylation is 1. The van der Waals surface area contributed by atoms with Crippen molar-refractivity contribution in [1.29, 1.82) is 0 Å². The van der Waals surface area contributed by atoms with Gasteiger partial charge in [-0.05, 0) is 61.1 Å². The molecule has 4 rings (SSSR count). The summed E-state index contributed by atoms with van der Waals surface area (Å²) < 4.78 is 11.0. The van der Waals surface area contributed by atoms with E-state index < -0.39 is 0 Å². The molecule has 0 aliphatic heterocycles. The molecule has 1 fully saturated rings. The van der Waals surface area contributed by atoms with Gasteiger partial charge in [-0.3, -0.25) is 4.79 Å². The highest BCUT2D eigenvalue weighted by atomic mass is 16.5. The lowest BCUT2D eigenvalue weighted by atomic mass is 9.70. The minimum atomic E-state index is -0.110. The van der Waals surface area contributed by atoms with Crippen LogP contribution in [-0.4, -0.2) is 24.2 Å². The molecule has 2 unspecified atom stereocenters. The Bertz CT molecular complexity index is 868. The van der Waals surface area contributed by atoms with Crippen molar-refractivity contribution in [3.8, 4) is 17.1 Å². The van der Waals surface area contributed by atoms with Crippen molar-refractivity contribution < 1.29 is 14.1 Å². The summed E-state index contributed by atoms with van der Waals surface area (Å²) in [4.78, 5) is 12.9. The molecule has 2 aromatic rings. The zero-order valence-corrected chi connectivity index (χ0v) is 16.6. The third kappa shape index (κ3) is 3.47. The van der Waals surface area contributed by atoms with Gasteiger partial charge in [-0.15, -0.1) is 0 Å². The first-order chi connectivity index (χ1) is 12.9. The molecule has 5 nitrogen and oxygen atoms in total. The second-order valence-corrected chi connectivity index (χ2v) is 8.95. The number of ether oxygens (including phenoxy) is 1. The fourth-order valence-corrected chi connectivity index (χ4v) is 5.01. The molecule has 0 radical (unpaired) electrons. The van der Waals surface area contributed by atoms with Crippen LogP contribution in [0.15, 0.2) is 22.7 Å². The number of hydrogen-bond acceptors (Lipinski definition) is 4. The molecule has 1 N–H and O–H groups in total. The van der Waals surface area contributed by atoms with Gasteiger partial charge in [0.15, 0.2) is 11.5 Å². The smallest absolute Gasteiger partial charge is 0.273 e. The van der Waals surface area contributed by atoms with Crippen molar-refractivity contribution in [2.45, 2.75) is 58.9 Å². The first-order valence-electron chi connectivity index (χ1n) is 9.83. The minimum Gasteiger partial charge on any atom is -0.497 e. The molecule has 1 aromatic carbocycles. The summed E-state index contributed by atoms with van der Waals surface area (Å²) in [5.41, 5.74) is 3.80. The first-order valence-corrected chi connectivity index (χ1v) is 9.83. The zero-order chi connectivity index (χ0) is 19.2. The largest absolute Gasteiger partial charge is 0.497 e. The van der Waals surface area contributed by atoms with Gasteiger partial charge in [0, 0.05) is 17.2 Å². The number of benzene rings is 1. The third-order valence-corrected chi connectivity index (χ3v) is 5.93. The predicted molar refractivity (Wildman–Crippen MR) is 104 cm³/mol. The Hall–Kier alpha value is -2.30. The number of fused-ring (bicyclic) bond motifs is 3. The van der Waals surface area contributed by atoms with Crippen molar-refractivity contribution in [1.82, 2.24) is 10.5 Å². The molecule has 0 saturated heterocycles. The fraction of sp³-hybridized carbons (Fsp3) is 0.545. The fourth-order valence-electron chi connectivity index (χ4n) is 5.01. The molecule has 1 heterocycles. The molecule has 27 heavy (non-hydrogen) atoms. The summed E-state index contributed by atoms with van der Waals surface area (Å²) in [6.45, 7) is 6.83. The average molecular weight is 368 g/mol. The van der Waals surface area contributed by atoms with Gasteiger partial charge >= 0.3 is 0 Å². The van der Waals surface area contributed by atoms with Gasteiger partial charge in [0.25, 0.3) is 5.91 Å². The van der Waals surface area contributed by atoms with E-state index in [0.29, 0.717) is 17.4 Å². The van der Waals surface area contributed by atoms with Crippen molar-refractivity contribution in [2.75, 3.05) is 7.11 Å². The van der Waals surface area contributed by atoms with Crippen LogP contribution in [0.5, 0.6) is 5.75 Å². The van der Waals surface area contributed by atoms with Crippen LogP contribution in [0.4, 0.5) is 0 Å². The molecule has 1 aromatic heterocycles. The maximum atomic E-state index is 12.9. The van der Waals surface area contributed by atoms with Crippen LogP contribution in [0.25, 0.3) is 11.3 Å². The van der Waals surface area contributed by atoms with Gasteiger partial charge in [0.2, 0.25) is 0 Å². The van der Waals surface area contributed by atoms with Crippen LogP contribution in [-0.2, 0) is 12.8 Å². The maximum Gasteiger partial charge on any atom is 0.273 e. The van der Waals surface area contributed by atoms with Gasteiger partial charge in [-0.1, -0.05) is 32.0 Å². The summed E-state index contributed by atoms with van der Waals surface area (Å²) in [6, 6.07) is 6.18. The highest BCUT2D eigenvalue weighted by molar-refractivity contribution is 5.95. The third-order valence-electron chi connectivity index (χ3n) is 5.93. The molecule has 2 atom stereocenters. The number of carbonyl (C=O) groups is 1. The predicted octanol–water partition coefficient (Wildman–Crippen LogP) is 4.39. The van der Waals surface area contributed by atoms with E-state index in [1.54, 1.807) is 7.11 Å². The molecule has 2 aliphatic carbocycles. The van der Waals surface area contributed by atoms with Crippen LogP contribution in [0.1, 0.15) is 61.6 Å². The first kappa shape index (κ1) is 18.1. The van der Waals surface area contributed by atoms with E-state index in [1.165, 1.54) is 12.0 Å². The van der Waals surface area contributed by atoms with Crippen molar-refractivity contribution >= 4 is 5.91 Å². The summed E-state index contributed by atoms with van der Waals surface area (Å²) in [7, 11) is 1.65. The van der Waals surface area contributed by atoms with E-state index in [9.17, 15) is 4.79 Å². The quantitative estimate of drug-likeness (QED) is 0.872. The highest BCUT2D eigenvalue weighted by Gasteiger charge is 2.34. The van der Waals surface area contributed by atoms with Crippen molar-refractivity contribution in [3.05, 3.63) is 35.0 Å². The number of aromatic nitrogens is 1. The van der Waals surface area contributed by atoms with Crippen LogP contribution in [0.3, 0.4) is 0 Å². The number of amides is 1. The second-order valence-electron chi connectivity index (χ2n) is 8.95. The minimum absolute atomic E-state index is 0.110. The number of hydrogen-bond donors (Lipinski definition) is 1. The van der Waals surface area contributed by atoms with E-state index in [4.69, 9.17) is 9.26 Å². The standard InChI is InChI=1S/C22H28N2O3/c1-13-9-15(12-22(2,3)11-13)23-21(25)19-17-8-6-14-5-7-16(26-4)10-18(14)20(17)27-24-19/h5,7,10,13,15H,6,8-9,11-12H2,1-4H3,(H,23,25). The number of rotatable bonds is 3. The van der Waals surface area contributed by atoms with Gasteiger partial charge in [0.05, 0.1) is 7.11 Å². The van der Waals surface area contributed by atoms with E-state index in [2.05, 4.69) is 37.3 Å². The molecule has 144 valence electrons. The van der Waals surface area contributed by atoms with E-state index in [1.807, 2.05) is 12.1 Å². The Kier molecular flexibility index (Phi) is 4.49. The summed E-state index contributed by atoms with van der Waals surface area (Å²) in [5, 5.41) is 7.36. The second kappa shape index (κ2) is 6.70. The number of carbonyl (C=O) groups excluding carboxylic acids is 1. The highest BCUT2D eigenvalue weighted by Crippen LogP contribution is 2.39. The molecule has 0 bridgehead atoms. The Balaban J connectivity index is 1.58. The molecular formula is C22H28N2O3. The Morgan fingerprint density at radius 1 is 1.30 bits per heavy atom.